The van der Waals surface area contributed by atoms with Crippen molar-refractivity contribution in [3.63, 3.8) is 0 Å². The van der Waals surface area contributed by atoms with E-state index < -0.39 is 0 Å². The van der Waals surface area contributed by atoms with Gasteiger partial charge in [0.25, 0.3) is 0 Å². The van der Waals surface area contributed by atoms with Crippen LogP contribution in [0.15, 0.2) is 54.6 Å². The molecule has 0 radical (unpaired) electrons. The zero-order valence-corrected chi connectivity index (χ0v) is 14.9. The quantitative estimate of drug-likeness (QED) is 0.541. The fourth-order valence-corrected chi connectivity index (χ4v) is 3.52. The molecule has 2 heterocycles. The fraction of sp³-hybridized carbons (Fsp3) is 0.211. The molecule has 0 saturated carbocycles. The highest BCUT2D eigenvalue weighted by Gasteiger charge is 2.17. The first-order valence-corrected chi connectivity index (χ1v) is 8.99. The Morgan fingerprint density at radius 2 is 1.80 bits per heavy atom. The molecule has 0 spiro atoms. The predicted octanol–water partition coefficient (Wildman–Crippen LogP) is 4.23. The molecule has 2 aromatic heterocycles. The summed E-state index contributed by atoms with van der Waals surface area (Å²) in [6.07, 6.45) is 0.575. The van der Waals surface area contributed by atoms with Gasteiger partial charge in [0, 0.05) is 6.42 Å². The maximum absolute atomic E-state index is 5.96. The van der Waals surface area contributed by atoms with Gasteiger partial charge >= 0.3 is 0 Å². The average molecular weight is 350 g/mol. The zero-order chi connectivity index (χ0) is 17.2. The molecule has 6 heteroatoms. The van der Waals surface area contributed by atoms with E-state index in [9.17, 15) is 0 Å². The van der Waals surface area contributed by atoms with Crippen LogP contribution in [-0.2, 0) is 6.42 Å². The van der Waals surface area contributed by atoms with Crippen molar-refractivity contribution in [1.82, 2.24) is 19.8 Å². The van der Waals surface area contributed by atoms with E-state index in [0.717, 1.165) is 21.5 Å². The Hall–Kier alpha value is -2.73. The van der Waals surface area contributed by atoms with E-state index in [4.69, 9.17) is 4.74 Å². The number of aryl methyl sites for hydroxylation is 1. The van der Waals surface area contributed by atoms with Crippen LogP contribution in [0, 0.1) is 6.92 Å². The summed E-state index contributed by atoms with van der Waals surface area (Å²) in [5.74, 6) is 1.68. The standard InChI is InChI=1S/C19H18N4OS/c1-13-8-6-7-9-15(13)12-17-20-21-19-23(17)22-18(25-19)14(2)24-16-10-4-3-5-11-16/h3-11,14H,12H2,1-2H3/t14-/m1/s1. The molecule has 2 aromatic carbocycles. The van der Waals surface area contributed by atoms with Crippen LogP contribution < -0.4 is 4.74 Å². The maximum Gasteiger partial charge on any atom is 0.234 e. The SMILES string of the molecule is Cc1ccccc1Cc1nnc2sc([C@@H](C)Oc3ccccc3)nn12. The van der Waals surface area contributed by atoms with Gasteiger partial charge in [-0.05, 0) is 37.1 Å². The Labute approximate surface area is 149 Å². The zero-order valence-electron chi connectivity index (χ0n) is 14.1. The summed E-state index contributed by atoms with van der Waals surface area (Å²) < 4.78 is 7.79. The summed E-state index contributed by atoms with van der Waals surface area (Å²) in [6, 6.07) is 18.1. The second kappa shape index (κ2) is 6.64. The first kappa shape index (κ1) is 15.8. The number of benzene rings is 2. The van der Waals surface area contributed by atoms with Crippen LogP contribution in [0.3, 0.4) is 0 Å². The van der Waals surface area contributed by atoms with Crippen molar-refractivity contribution in [3.05, 3.63) is 76.6 Å². The van der Waals surface area contributed by atoms with E-state index in [1.165, 1.54) is 22.5 Å². The molecule has 0 saturated heterocycles. The van der Waals surface area contributed by atoms with Crippen LogP contribution in [0.25, 0.3) is 4.96 Å². The molecular formula is C19H18N4OS. The van der Waals surface area contributed by atoms with E-state index in [-0.39, 0.29) is 6.10 Å². The van der Waals surface area contributed by atoms with Crippen molar-refractivity contribution in [1.29, 1.82) is 0 Å². The van der Waals surface area contributed by atoms with Crippen molar-refractivity contribution in [2.45, 2.75) is 26.4 Å². The molecule has 4 aromatic rings. The monoisotopic (exact) mass is 350 g/mol. The Morgan fingerprint density at radius 1 is 1.04 bits per heavy atom. The Morgan fingerprint density at radius 3 is 2.60 bits per heavy atom. The molecule has 25 heavy (non-hydrogen) atoms. The average Bonchev–Trinajstić information content (AvgIpc) is 3.20. The molecule has 0 N–H and O–H groups in total. The summed E-state index contributed by atoms with van der Waals surface area (Å²) in [7, 11) is 0. The number of para-hydroxylation sites is 1. The van der Waals surface area contributed by atoms with Gasteiger partial charge in [-0.15, -0.1) is 10.2 Å². The molecule has 0 aliphatic carbocycles. The number of rotatable bonds is 5. The summed E-state index contributed by atoms with van der Waals surface area (Å²) in [5.41, 5.74) is 2.48. The minimum absolute atomic E-state index is 0.139. The van der Waals surface area contributed by atoms with Crippen molar-refractivity contribution in [2.75, 3.05) is 0 Å². The first-order chi connectivity index (χ1) is 12.2. The minimum atomic E-state index is -0.139. The molecule has 0 aliphatic rings. The highest BCUT2D eigenvalue weighted by molar-refractivity contribution is 7.16. The van der Waals surface area contributed by atoms with Gasteiger partial charge < -0.3 is 4.74 Å². The third kappa shape index (κ3) is 3.25. The van der Waals surface area contributed by atoms with Crippen LogP contribution >= 0.6 is 11.3 Å². The summed E-state index contributed by atoms with van der Waals surface area (Å²) in [4.78, 5) is 0.794. The number of fused-ring (bicyclic) bond motifs is 1. The summed E-state index contributed by atoms with van der Waals surface area (Å²) >= 11 is 1.51. The Kier molecular flexibility index (Phi) is 4.19. The lowest BCUT2D eigenvalue weighted by molar-refractivity contribution is 0.225. The van der Waals surface area contributed by atoms with Crippen LogP contribution in [0.5, 0.6) is 5.75 Å². The second-order valence-corrected chi connectivity index (χ2v) is 6.91. The molecule has 1 atom stereocenters. The van der Waals surface area contributed by atoms with Crippen molar-refractivity contribution in [2.24, 2.45) is 0 Å². The first-order valence-electron chi connectivity index (χ1n) is 8.18. The molecule has 126 valence electrons. The molecule has 4 rings (SSSR count). The van der Waals surface area contributed by atoms with E-state index in [1.807, 2.05) is 53.9 Å². The van der Waals surface area contributed by atoms with Crippen LogP contribution in [0.4, 0.5) is 0 Å². The molecule has 0 fully saturated rings. The molecular weight excluding hydrogens is 332 g/mol. The number of hydrogen-bond donors (Lipinski definition) is 0. The Bertz CT molecular complexity index is 993. The molecule has 5 nitrogen and oxygen atoms in total. The normalized spacial score (nSPS) is 12.4. The Balaban J connectivity index is 1.59. The summed E-state index contributed by atoms with van der Waals surface area (Å²) in [5, 5.41) is 14.1. The highest BCUT2D eigenvalue weighted by atomic mass is 32.1. The van der Waals surface area contributed by atoms with E-state index in [1.54, 1.807) is 0 Å². The van der Waals surface area contributed by atoms with Crippen LogP contribution in [-0.4, -0.2) is 19.8 Å². The smallest absolute Gasteiger partial charge is 0.234 e. The van der Waals surface area contributed by atoms with Gasteiger partial charge in [0.05, 0.1) is 0 Å². The number of aromatic nitrogens is 4. The number of ether oxygens (including phenoxy) is 1. The van der Waals surface area contributed by atoms with Gasteiger partial charge in [-0.3, -0.25) is 0 Å². The van der Waals surface area contributed by atoms with Gasteiger partial charge in [-0.1, -0.05) is 53.8 Å². The largest absolute Gasteiger partial charge is 0.483 e. The third-order valence-corrected chi connectivity index (χ3v) is 5.14. The lowest BCUT2D eigenvalue weighted by Crippen LogP contribution is -2.05. The predicted molar refractivity (Wildman–Crippen MR) is 98.1 cm³/mol. The number of hydrogen-bond acceptors (Lipinski definition) is 5. The molecule has 0 aliphatic heterocycles. The van der Waals surface area contributed by atoms with E-state index in [0.29, 0.717) is 6.42 Å². The van der Waals surface area contributed by atoms with Gasteiger partial charge in [0.15, 0.2) is 10.8 Å². The van der Waals surface area contributed by atoms with Crippen molar-refractivity contribution in [3.8, 4) is 5.75 Å². The molecule has 0 amide bonds. The van der Waals surface area contributed by atoms with Crippen LogP contribution in [0.2, 0.25) is 0 Å². The highest BCUT2D eigenvalue weighted by Crippen LogP contribution is 2.26. The van der Waals surface area contributed by atoms with Gasteiger partial charge in [0.2, 0.25) is 4.96 Å². The topological polar surface area (TPSA) is 52.3 Å². The van der Waals surface area contributed by atoms with Crippen LogP contribution in [0.1, 0.15) is 35.0 Å². The second-order valence-electron chi connectivity index (χ2n) is 5.93. The summed E-state index contributed by atoms with van der Waals surface area (Å²) in [6.45, 7) is 4.11. The van der Waals surface area contributed by atoms with Crippen molar-refractivity contribution < 1.29 is 4.74 Å². The van der Waals surface area contributed by atoms with Gasteiger partial charge in [0.1, 0.15) is 11.9 Å². The van der Waals surface area contributed by atoms with Gasteiger partial charge in [-0.2, -0.15) is 9.61 Å². The molecule has 0 unspecified atom stereocenters. The van der Waals surface area contributed by atoms with E-state index >= 15 is 0 Å². The maximum atomic E-state index is 5.96. The van der Waals surface area contributed by atoms with Crippen molar-refractivity contribution >= 4 is 16.3 Å². The molecule has 0 bridgehead atoms. The third-order valence-electron chi connectivity index (χ3n) is 4.08. The fourth-order valence-electron chi connectivity index (χ4n) is 2.68. The number of nitrogens with zero attached hydrogens (tertiary/aromatic N) is 4. The van der Waals surface area contributed by atoms with Gasteiger partial charge in [-0.25, -0.2) is 0 Å². The minimum Gasteiger partial charge on any atom is -0.483 e. The lowest BCUT2D eigenvalue weighted by atomic mass is 10.1. The lowest BCUT2D eigenvalue weighted by Gasteiger charge is -2.11. The van der Waals surface area contributed by atoms with E-state index in [2.05, 4.69) is 34.4 Å².